The minimum atomic E-state index is -0.434. The first-order valence-corrected chi connectivity index (χ1v) is 9.25. The second kappa shape index (κ2) is 6.63. The Bertz CT molecular complexity index is 621. The van der Waals surface area contributed by atoms with Gasteiger partial charge in [0.25, 0.3) is 0 Å². The maximum atomic E-state index is 12.2. The largest absolute Gasteiger partial charge is 0.444 e. The number of hydrogen-bond acceptors (Lipinski definition) is 5. The zero-order valence-corrected chi connectivity index (χ0v) is 16.2. The fourth-order valence-electron chi connectivity index (χ4n) is 3.70. The Morgan fingerprint density at radius 3 is 2.60 bits per heavy atom. The van der Waals surface area contributed by atoms with E-state index in [0.29, 0.717) is 16.5 Å². The number of hydrogen-bond donors (Lipinski definition) is 0. The van der Waals surface area contributed by atoms with Crippen LogP contribution in [-0.2, 0) is 4.74 Å². The number of nitrogens with zero attached hydrogens (tertiary/aromatic N) is 4. The topological polar surface area (TPSA) is 58.6 Å². The lowest BCUT2D eigenvalue weighted by atomic mass is 9.91. The number of ether oxygens (including phenoxy) is 1. The molecule has 0 N–H and O–H groups in total. The third-order valence-corrected chi connectivity index (χ3v) is 5.47. The lowest BCUT2D eigenvalue weighted by molar-refractivity contribution is 0.0166. The Balaban J connectivity index is 1.49. The molecule has 1 saturated heterocycles. The van der Waals surface area contributed by atoms with E-state index in [1.807, 2.05) is 38.8 Å². The van der Waals surface area contributed by atoms with Crippen molar-refractivity contribution >= 4 is 23.5 Å². The molecule has 1 aromatic rings. The van der Waals surface area contributed by atoms with Gasteiger partial charge in [0.2, 0.25) is 0 Å². The van der Waals surface area contributed by atoms with Gasteiger partial charge in [-0.3, -0.25) is 0 Å². The van der Waals surface area contributed by atoms with Crippen molar-refractivity contribution in [2.45, 2.75) is 45.6 Å². The van der Waals surface area contributed by atoms with Crippen molar-refractivity contribution in [3.05, 3.63) is 17.3 Å². The molecular weight excluding hydrogens is 340 g/mol. The van der Waals surface area contributed by atoms with E-state index in [1.165, 1.54) is 6.42 Å². The van der Waals surface area contributed by atoms with Gasteiger partial charge in [0.05, 0.1) is 0 Å². The molecule has 138 valence electrons. The van der Waals surface area contributed by atoms with E-state index < -0.39 is 5.60 Å². The van der Waals surface area contributed by atoms with Crippen molar-refractivity contribution < 1.29 is 9.53 Å². The standard InChI is InChI=1S/C18H27ClN4O2/c1-17(2,3)25-16(24)23-9-7-18(8-10-23)11-13(18)12-22(4)15-6-5-14(19)20-21-15/h5-6,13H,7-12H2,1-4H3. The van der Waals surface area contributed by atoms with E-state index in [2.05, 4.69) is 15.1 Å². The normalized spacial score (nSPS) is 22.0. The summed E-state index contributed by atoms with van der Waals surface area (Å²) >= 11 is 5.80. The second-order valence-corrected chi connectivity index (χ2v) is 8.71. The first kappa shape index (κ1) is 18.2. The monoisotopic (exact) mass is 366 g/mol. The molecule has 2 heterocycles. The minimum Gasteiger partial charge on any atom is -0.444 e. The lowest BCUT2D eigenvalue weighted by Crippen LogP contribution is -2.42. The lowest BCUT2D eigenvalue weighted by Gasteiger charge is -2.34. The van der Waals surface area contributed by atoms with Gasteiger partial charge in [-0.15, -0.1) is 10.2 Å². The van der Waals surface area contributed by atoms with Crippen molar-refractivity contribution in [3.8, 4) is 0 Å². The summed E-state index contributed by atoms with van der Waals surface area (Å²) in [4.78, 5) is 16.2. The third-order valence-electron chi connectivity index (χ3n) is 5.27. The van der Waals surface area contributed by atoms with Crippen LogP contribution in [0.15, 0.2) is 12.1 Å². The minimum absolute atomic E-state index is 0.187. The highest BCUT2D eigenvalue weighted by Gasteiger charge is 2.55. The summed E-state index contributed by atoms with van der Waals surface area (Å²) in [5.74, 6) is 1.49. The molecule has 0 bridgehead atoms. The summed E-state index contributed by atoms with van der Waals surface area (Å²) in [6.07, 6.45) is 3.14. The summed E-state index contributed by atoms with van der Waals surface area (Å²) in [6.45, 7) is 8.25. The first-order valence-electron chi connectivity index (χ1n) is 8.87. The molecule has 6 nitrogen and oxygen atoms in total. The van der Waals surface area contributed by atoms with E-state index >= 15 is 0 Å². The molecule has 1 aliphatic heterocycles. The van der Waals surface area contributed by atoms with Gasteiger partial charge < -0.3 is 14.5 Å². The Morgan fingerprint density at radius 2 is 2.04 bits per heavy atom. The van der Waals surface area contributed by atoms with E-state index in [1.54, 1.807) is 6.07 Å². The van der Waals surface area contributed by atoms with Crippen LogP contribution < -0.4 is 4.90 Å². The maximum Gasteiger partial charge on any atom is 0.410 e. The van der Waals surface area contributed by atoms with Crippen LogP contribution in [0.1, 0.15) is 40.0 Å². The van der Waals surface area contributed by atoms with Crippen LogP contribution in [0.25, 0.3) is 0 Å². The van der Waals surface area contributed by atoms with Gasteiger partial charge in [-0.05, 0) is 63.5 Å². The molecule has 1 aliphatic carbocycles. The number of carbonyl (C=O) groups excluding carboxylic acids is 1. The van der Waals surface area contributed by atoms with Crippen molar-refractivity contribution in [3.63, 3.8) is 0 Å². The summed E-state index contributed by atoms with van der Waals surface area (Å²) in [5, 5.41) is 8.45. The van der Waals surface area contributed by atoms with Gasteiger partial charge in [-0.25, -0.2) is 4.79 Å². The van der Waals surface area contributed by atoms with Crippen LogP contribution in [0.3, 0.4) is 0 Å². The summed E-state index contributed by atoms with van der Waals surface area (Å²) in [6, 6.07) is 3.66. The number of rotatable bonds is 3. The Morgan fingerprint density at radius 1 is 1.36 bits per heavy atom. The third kappa shape index (κ3) is 4.35. The molecule has 2 aliphatic rings. The molecule has 7 heteroatoms. The molecule has 0 radical (unpaired) electrons. The highest BCUT2D eigenvalue weighted by molar-refractivity contribution is 6.29. The molecule has 1 unspecified atom stereocenters. The molecule has 1 aromatic heterocycles. The summed E-state index contributed by atoms with van der Waals surface area (Å²) < 4.78 is 5.48. The number of piperidine rings is 1. The van der Waals surface area contributed by atoms with Gasteiger partial charge in [0.1, 0.15) is 5.60 Å². The van der Waals surface area contributed by atoms with Crippen LogP contribution >= 0.6 is 11.6 Å². The maximum absolute atomic E-state index is 12.2. The van der Waals surface area contributed by atoms with E-state index in [-0.39, 0.29) is 6.09 Å². The van der Waals surface area contributed by atoms with Crippen LogP contribution in [0, 0.1) is 11.3 Å². The van der Waals surface area contributed by atoms with Crippen LogP contribution in [-0.4, -0.2) is 53.5 Å². The molecule has 1 atom stereocenters. The fraction of sp³-hybridized carbons (Fsp3) is 0.722. The zero-order chi connectivity index (χ0) is 18.2. The van der Waals surface area contributed by atoms with Crippen LogP contribution in [0.4, 0.5) is 10.6 Å². The molecule has 1 amide bonds. The molecule has 0 aromatic carbocycles. The average Bonchev–Trinajstić information content (AvgIpc) is 3.18. The number of anilines is 1. The van der Waals surface area contributed by atoms with Crippen molar-refractivity contribution in [1.82, 2.24) is 15.1 Å². The van der Waals surface area contributed by atoms with Crippen molar-refractivity contribution in [2.24, 2.45) is 11.3 Å². The highest BCUT2D eigenvalue weighted by atomic mass is 35.5. The predicted molar refractivity (Wildman–Crippen MR) is 97.9 cm³/mol. The summed E-state index contributed by atoms with van der Waals surface area (Å²) in [5.41, 5.74) is -0.0523. The average molecular weight is 367 g/mol. The zero-order valence-electron chi connectivity index (χ0n) is 15.5. The van der Waals surface area contributed by atoms with E-state index in [0.717, 1.165) is 38.3 Å². The molecule has 1 saturated carbocycles. The highest BCUT2D eigenvalue weighted by Crippen LogP contribution is 2.59. The Kier molecular flexibility index (Phi) is 4.84. The van der Waals surface area contributed by atoms with Gasteiger partial charge >= 0.3 is 6.09 Å². The smallest absolute Gasteiger partial charge is 0.410 e. The van der Waals surface area contributed by atoms with Crippen LogP contribution in [0.5, 0.6) is 0 Å². The number of halogens is 1. The fourth-order valence-corrected chi connectivity index (χ4v) is 3.80. The van der Waals surface area contributed by atoms with Gasteiger partial charge in [0, 0.05) is 26.7 Å². The van der Waals surface area contributed by atoms with Gasteiger partial charge in [-0.2, -0.15) is 0 Å². The molecule has 1 spiro atoms. The predicted octanol–water partition coefficient (Wildman–Crippen LogP) is 3.60. The molecule has 3 rings (SSSR count). The molecule has 25 heavy (non-hydrogen) atoms. The molecule has 2 fully saturated rings. The Hall–Kier alpha value is -1.56. The van der Waals surface area contributed by atoms with Crippen molar-refractivity contribution in [2.75, 3.05) is 31.6 Å². The van der Waals surface area contributed by atoms with Gasteiger partial charge in [-0.1, -0.05) is 11.6 Å². The number of aromatic nitrogens is 2. The van der Waals surface area contributed by atoms with E-state index in [4.69, 9.17) is 16.3 Å². The molecular formula is C18H27ClN4O2. The summed E-state index contributed by atoms with van der Waals surface area (Å²) in [7, 11) is 2.04. The number of carbonyl (C=O) groups is 1. The quantitative estimate of drug-likeness (QED) is 0.817. The van der Waals surface area contributed by atoms with Crippen LogP contribution in [0.2, 0.25) is 5.15 Å². The SMILES string of the molecule is CN(CC1CC12CCN(C(=O)OC(C)(C)C)CC2)c1ccc(Cl)nn1. The van der Waals surface area contributed by atoms with Crippen molar-refractivity contribution in [1.29, 1.82) is 0 Å². The first-order chi connectivity index (χ1) is 11.7. The number of amides is 1. The van der Waals surface area contributed by atoms with E-state index in [9.17, 15) is 4.79 Å². The van der Waals surface area contributed by atoms with Gasteiger partial charge in [0.15, 0.2) is 11.0 Å². The Labute approximate surface area is 154 Å². The second-order valence-electron chi connectivity index (χ2n) is 8.33. The number of likely N-dealkylation sites (tertiary alicyclic amines) is 1.